The van der Waals surface area contributed by atoms with Gasteiger partial charge in [-0.3, -0.25) is 0 Å². The Hall–Kier alpha value is -0.830. The van der Waals surface area contributed by atoms with Crippen molar-refractivity contribution in [1.82, 2.24) is 0 Å². The van der Waals surface area contributed by atoms with E-state index < -0.39 is 0 Å². The van der Waals surface area contributed by atoms with Crippen molar-refractivity contribution in [2.24, 2.45) is 0 Å². The van der Waals surface area contributed by atoms with Crippen LogP contribution in [0.2, 0.25) is 0 Å². The second kappa shape index (κ2) is 2.84. The average molecular weight is 154 g/mol. The number of nitrogen functional groups attached to an aromatic ring is 2. The maximum absolute atomic E-state index is 5.54. The van der Waals surface area contributed by atoms with Crippen molar-refractivity contribution >= 4 is 23.1 Å². The van der Waals surface area contributed by atoms with Gasteiger partial charge >= 0.3 is 0 Å². The Morgan fingerprint density at radius 1 is 1.10 bits per heavy atom. The lowest BCUT2D eigenvalue weighted by Crippen LogP contribution is -1.89. The van der Waals surface area contributed by atoms with Gasteiger partial charge in [0.1, 0.15) is 0 Å². The van der Waals surface area contributed by atoms with E-state index in [0.29, 0.717) is 0 Å². The molecule has 0 aromatic heterocycles. The Balaban J connectivity index is 3.06. The van der Waals surface area contributed by atoms with Crippen LogP contribution in [0.4, 0.5) is 11.4 Å². The minimum absolute atomic E-state index is 0.726. The van der Waals surface area contributed by atoms with Crippen molar-refractivity contribution in [3.05, 3.63) is 18.2 Å². The van der Waals surface area contributed by atoms with Gasteiger partial charge in [-0.1, -0.05) is 0 Å². The summed E-state index contributed by atoms with van der Waals surface area (Å²) in [6, 6.07) is 5.56. The molecule has 54 valence electrons. The molecule has 1 aromatic carbocycles. The maximum atomic E-state index is 5.54. The third-order valence-electron chi connectivity index (χ3n) is 1.19. The molecule has 1 aromatic rings. The number of thioether (sulfide) groups is 1. The standard InChI is InChI=1S/C7H10N2S/c1-10-7-3-5(8)2-6(9)4-7/h2-4H,8-9H2,1H3. The zero-order chi connectivity index (χ0) is 7.56. The topological polar surface area (TPSA) is 52.0 Å². The fourth-order valence-electron chi connectivity index (χ4n) is 0.764. The van der Waals surface area contributed by atoms with E-state index in [0.717, 1.165) is 16.3 Å². The molecule has 0 amide bonds. The molecule has 10 heavy (non-hydrogen) atoms. The van der Waals surface area contributed by atoms with Crippen molar-refractivity contribution in [2.45, 2.75) is 4.90 Å². The lowest BCUT2D eigenvalue weighted by Gasteiger charge is -1.99. The molecule has 0 saturated carbocycles. The number of hydrogen-bond acceptors (Lipinski definition) is 3. The number of anilines is 2. The summed E-state index contributed by atoms with van der Waals surface area (Å²) in [4.78, 5) is 1.11. The first-order chi connectivity index (χ1) is 4.72. The van der Waals surface area contributed by atoms with Crippen molar-refractivity contribution < 1.29 is 0 Å². The number of rotatable bonds is 1. The zero-order valence-corrected chi connectivity index (χ0v) is 6.61. The maximum Gasteiger partial charge on any atom is 0.0345 e. The van der Waals surface area contributed by atoms with E-state index in [4.69, 9.17) is 11.5 Å². The van der Waals surface area contributed by atoms with Crippen LogP contribution in [0.15, 0.2) is 23.1 Å². The summed E-state index contributed by atoms with van der Waals surface area (Å²) in [6.45, 7) is 0. The van der Waals surface area contributed by atoms with Gasteiger partial charge in [0, 0.05) is 16.3 Å². The van der Waals surface area contributed by atoms with Crippen molar-refractivity contribution in [3.63, 3.8) is 0 Å². The van der Waals surface area contributed by atoms with Crippen LogP contribution in [-0.4, -0.2) is 6.26 Å². The Labute approximate surface area is 64.6 Å². The predicted molar refractivity (Wildman–Crippen MR) is 47.0 cm³/mol. The molecule has 0 aliphatic rings. The monoisotopic (exact) mass is 154 g/mol. The van der Waals surface area contributed by atoms with Crippen molar-refractivity contribution in [3.8, 4) is 0 Å². The second-order valence-corrected chi connectivity index (χ2v) is 2.92. The molecule has 4 N–H and O–H groups in total. The molecule has 3 heteroatoms. The minimum atomic E-state index is 0.726. The molecule has 0 aliphatic heterocycles. The molecule has 0 aliphatic carbocycles. The molecule has 0 heterocycles. The lowest BCUT2D eigenvalue weighted by atomic mass is 10.3. The van der Waals surface area contributed by atoms with Gasteiger partial charge in [-0.2, -0.15) is 0 Å². The van der Waals surface area contributed by atoms with Crippen molar-refractivity contribution in [2.75, 3.05) is 17.7 Å². The summed E-state index contributed by atoms with van der Waals surface area (Å²) in [7, 11) is 0. The van der Waals surface area contributed by atoms with Gasteiger partial charge in [-0.05, 0) is 24.5 Å². The zero-order valence-electron chi connectivity index (χ0n) is 5.79. The largest absolute Gasteiger partial charge is 0.399 e. The normalized spacial score (nSPS) is 9.70. The van der Waals surface area contributed by atoms with E-state index in [2.05, 4.69) is 0 Å². The minimum Gasteiger partial charge on any atom is -0.399 e. The summed E-state index contributed by atoms with van der Waals surface area (Å²) in [5.41, 5.74) is 12.5. The summed E-state index contributed by atoms with van der Waals surface area (Å²) in [5.74, 6) is 0. The molecule has 0 atom stereocenters. The van der Waals surface area contributed by atoms with Gasteiger partial charge in [0.25, 0.3) is 0 Å². The molecular formula is C7H10N2S. The highest BCUT2D eigenvalue weighted by molar-refractivity contribution is 7.98. The smallest absolute Gasteiger partial charge is 0.0345 e. The molecule has 2 nitrogen and oxygen atoms in total. The van der Waals surface area contributed by atoms with Gasteiger partial charge in [0.15, 0.2) is 0 Å². The first-order valence-electron chi connectivity index (χ1n) is 2.92. The summed E-state index contributed by atoms with van der Waals surface area (Å²) >= 11 is 1.64. The van der Waals surface area contributed by atoms with E-state index in [-0.39, 0.29) is 0 Å². The van der Waals surface area contributed by atoms with Crippen molar-refractivity contribution in [1.29, 1.82) is 0 Å². The van der Waals surface area contributed by atoms with Gasteiger partial charge in [-0.25, -0.2) is 0 Å². The molecular weight excluding hydrogens is 144 g/mol. The van der Waals surface area contributed by atoms with Crippen LogP contribution in [0, 0.1) is 0 Å². The molecule has 0 bridgehead atoms. The van der Waals surface area contributed by atoms with E-state index >= 15 is 0 Å². The number of hydrogen-bond donors (Lipinski definition) is 2. The van der Waals surface area contributed by atoms with E-state index in [1.807, 2.05) is 18.4 Å². The molecule has 0 saturated heterocycles. The van der Waals surface area contributed by atoms with Crippen LogP contribution in [0.3, 0.4) is 0 Å². The van der Waals surface area contributed by atoms with Gasteiger partial charge < -0.3 is 11.5 Å². The Morgan fingerprint density at radius 3 is 2.00 bits per heavy atom. The number of benzene rings is 1. The Bertz CT molecular complexity index is 215. The van der Waals surface area contributed by atoms with E-state index in [1.165, 1.54) is 0 Å². The summed E-state index contributed by atoms with van der Waals surface area (Å²) in [6.07, 6.45) is 1.99. The summed E-state index contributed by atoms with van der Waals surface area (Å²) in [5, 5.41) is 0. The fraction of sp³-hybridized carbons (Fsp3) is 0.143. The van der Waals surface area contributed by atoms with E-state index in [1.54, 1.807) is 17.8 Å². The third kappa shape index (κ3) is 1.57. The first-order valence-corrected chi connectivity index (χ1v) is 4.15. The van der Waals surface area contributed by atoms with Gasteiger partial charge in [0.2, 0.25) is 0 Å². The quantitative estimate of drug-likeness (QED) is 0.477. The average Bonchev–Trinajstić information content (AvgIpc) is 1.85. The van der Waals surface area contributed by atoms with Gasteiger partial charge in [0.05, 0.1) is 0 Å². The molecule has 0 unspecified atom stereocenters. The first kappa shape index (κ1) is 7.28. The molecule has 0 fully saturated rings. The lowest BCUT2D eigenvalue weighted by molar-refractivity contribution is 1.47. The number of nitrogens with two attached hydrogens (primary N) is 2. The summed E-state index contributed by atoms with van der Waals surface area (Å²) < 4.78 is 0. The van der Waals surface area contributed by atoms with Crippen LogP contribution < -0.4 is 11.5 Å². The molecule has 1 rings (SSSR count). The van der Waals surface area contributed by atoms with Crippen LogP contribution in [0.1, 0.15) is 0 Å². The Kier molecular flexibility index (Phi) is 2.06. The third-order valence-corrected chi connectivity index (χ3v) is 1.89. The predicted octanol–water partition coefficient (Wildman–Crippen LogP) is 1.57. The molecule has 0 spiro atoms. The van der Waals surface area contributed by atoms with Crippen LogP contribution in [-0.2, 0) is 0 Å². The highest BCUT2D eigenvalue weighted by atomic mass is 32.2. The van der Waals surface area contributed by atoms with Crippen LogP contribution in [0.25, 0.3) is 0 Å². The SMILES string of the molecule is CSc1cc(N)cc(N)c1. The highest BCUT2D eigenvalue weighted by Gasteiger charge is 1.92. The van der Waals surface area contributed by atoms with Gasteiger partial charge in [-0.15, -0.1) is 11.8 Å². The molecule has 0 radical (unpaired) electrons. The van der Waals surface area contributed by atoms with Crippen LogP contribution in [0.5, 0.6) is 0 Å². The second-order valence-electron chi connectivity index (χ2n) is 2.04. The Morgan fingerprint density at radius 2 is 1.60 bits per heavy atom. The van der Waals surface area contributed by atoms with Crippen LogP contribution >= 0.6 is 11.8 Å². The van der Waals surface area contributed by atoms with E-state index in [9.17, 15) is 0 Å². The fourth-order valence-corrected chi connectivity index (χ4v) is 1.27. The highest BCUT2D eigenvalue weighted by Crippen LogP contribution is 2.20.